The van der Waals surface area contributed by atoms with Crippen molar-refractivity contribution in [3.63, 3.8) is 0 Å². The van der Waals surface area contributed by atoms with Crippen LogP contribution in [0.5, 0.6) is 0 Å². The number of carbonyl (C=O) groups is 2. The van der Waals surface area contributed by atoms with Crippen LogP contribution in [-0.4, -0.2) is 36.2 Å². The fraction of sp³-hybridized carbons (Fsp3) is 0.467. The standard InChI is InChI=1S/C15H21N3O3/c1-3-10(2)13-14(20)17-11-6-4-5-7-12(11)18(13)15(21)16-8-9-19/h4-7,10,13,19H,3,8-9H2,1-2H3,(H,16,21)(H,17,20). The summed E-state index contributed by atoms with van der Waals surface area (Å²) in [6.07, 6.45) is 0.782. The van der Waals surface area contributed by atoms with E-state index in [0.29, 0.717) is 11.4 Å². The number of nitrogens with zero attached hydrogens (tertiary/aromatic N) is 1. The number of urea groups is 1. The molecule has 6 heteroatoms. The summed E-state index contributed by atoms with van der Waals surface area (Å²) in [5, 5.41) is 14.4. The van der Waals surface area contributed by atoms with E-state index in [4.69, 9.17) is 5.11 Å². The van der Waals surface area contributed by atoms with E-state index in [0.717, 1.165) is 6.42 Å². The van der Waals surface area contributed by atoms with Gasteiger partial charge in [0.2, 0.25) is 5.91 Å². The first kappa shape index (κ1) is 15.3. The van der Waals surface area contributed by atoms with E-state index in [2.05, 4.69) is 10.6 Å². The highest BCUT2D eigenvalue weighted by molar-refractivity contribution is 6.11. The molecule has 2 atom stereocenters. The zero-order valence-corrected chi connectivity index (χ0v) is 12.3. The first-order valence-electron chi connectivity index (χ1n) is 7.18. The normalized spacial score (nSPS) is 18.7. The fourth-order valence-electron chi connectivity index (χ4n) is 2.48. The number of fused-ring (bicyclic) bond motifs is 1. The number of amides is 3. The largest absolute Gasteiger partial charge is 0.395 e. The van der Waals surface area contributed by atoms with Crippen molar-refractivity contribution >= 4 is 23.3 Å². The van der Waals surface area contributed by atoms with Gasteiger partial charge in [0.05, 0.1) is 18.0 Å². The Morgan fingerprint density at radius 2 is 2.19 bits per heavy atom. The zero-order chi connectivity index (χ0) is 15.4. The van der Waals surface area contributed by atoms with Crippen LogP contribution in [0.1, 0.15) is 20.3 Å². The second kappa shape index (κ2) is 6.58. The molecule has 1 heterocycles. The highest BCUT2D eigenvalue weighted by Gasteiger charge is 2.39. The maximum atomic E-state index is 12.4. The first-order valence-corrected chi connectivity index (χ1v) is 7.18. The number of carbonyl (C=O) groups excluding carboxylic acids is 2. The van der Waals surface area contributed by atoms with Crippen molar-refractivity contribution in [1.29, 1.82) is 0 Å². The summed E-state index contributed by atoms with van der Waals surface area (Å²) < 4.78 is 0. The molecule has 0 saturated carbocycles. The number of nitrogens with one attached hydrogen (secondary N) is 2. The van der Waals surface area contributed by atoms with Gasteiger partial charge in [-0.3, -0.25) is 9.69 Å². The van der Waals surface area contributed by atoms with Gasteiger partial charge in [0, 0.05) is 6.54 Å². The number of aliphatic hydroxyl groups excluding tert-OH is 1. The predicted molar refractivity (Wildman–Crippen MR) is 81.3 cm³/mol. The molecule has 0 spiro atoms. The summed E-state index contributed by atoms with van der Waals surface area (Å²) >= 11 is 0. The van der Waals surface area contributed by atoms with Crippen LogP contribution in [-0.2, 0) is 4.79 Å². The third-order valence-electron chi connectivity index (χ3n) is 3.76. The van der Waals surface area contributed by atoms with Gasteiger partial charge >= 0.3 is 6.03 Å². The molecule has 1 aromatic rings. The highest BCUT2D eigenvalue weighted by atomic mass is 16.3. The lowest BCUT2D eigenvalue weighted by atomic mass is 9.94. The molecular formula is C15H21N3O3. The second-order valence-electron chi connectivity index (χ2n) is 5.16. The van der Waals surface area contributed by atoms with Crippen molar-refractivity contribution in [2.75, 3.05) is 23.4 Å². The molecular weight excluding hydrogens is 270 g/mol. The Balaban J connectivity index is 2.41. The molecule has 3 amide bonds. The number of rotatable bonds is 4. The van der Waals surface area contributed by atoms with Gasteiger partial charge in [0.25, 0.3) is 0 Å². The minimum absolute atomic E-state index is 0.0261. The molecule has 0 radical (unpaired) electrons. The summed E-state index contributed by atoms with van der Waals surface area (Å²) in [5.41, 5.74) is 1.30. The van der Waals surface area contributed by atoms with E-state index < -0.39 is 6.04 Å². The van der Waals surface area contributed by atoms with Gasteiger partial charge in [-0.25, -0.2) is 4.79 Å². The first-order chi connectivity index (χ1) is 10.1. The summed E-state index contributed by atoms with van der Waals surface area (Å²) in [5.74, 6) is -0.152. The number of hydrogen-bond donors (Lipinski definition) is 3. The van der Waals surface area contributed by atoms with Crippen LogP contribution in [0.4, 0.5) is 16.2 Å². The molecule has 114 valence electrons. The average Bonchev–Trinajstić information content (AvgIpc) is 2.50. The second-order valence-corrected chi connectivity index (χ2v) is 5.16. The summed E-state index contributed by atoms with van der Waals surface area (Å²) in [7, 11) is 0. The molecule has 0 bridgehead atoms. The van der Waals surface area contributed by atoms with Gasteiger partial charge in [-0.2, -0.15) is 0 Å². The van der Waals surface area contributed by atoms with E-state index in [1.54, 1.807) is 6.07 Å². The molecule has 21 heavy (non-hydrogen) atoms. The van der Waals surface area contributed by atoms with Crippen molar-refractivity contribution in [1.82, 2.24) is 5.32 Å². The smallest absolute Gasteiger partial charge is 0.322 e. The Labute approximate surface area is 124 Å². The number of hydrogen-bond acceptors (Lipinski definition) is 3. The molecule has 2 rings (SSSR count). The van der Waals surface area contributed by atoms with Gasteiger partial charge in [-0.15, -0.1) is 0 Å². The molecule has 0 aromatic heterocycles. The van der Waals surface area contributed by atoms with Crippen LogP contribution >= 0.6 is 0 Å². The molecule has 6 nitrogen and oxygen atoms in total. The maximum absolute atomic E-state index is 12.4. The number of aliphatic hydroxyl groups is 1. The third kappa shape index (κ3) is 3.00. The van der Waals surface area contributed by atoms with Crippen molar-refractivity contribution < 1.29 is 14.7 Å². The molecule has 1 aromatic carbocycles. The molecule has 0 aliphatic carbocycles. The minimum atomic E-state index is -0.552. The summed E-state index contributed by atoms with van der Waals surface area (Å²) in [4.78, 5) is 26.3. The lowest BCUT2D eigenvalue weighted by molar-refractivity contribution is -0.118. The number of para-hydroxylation sites is 2. The van der Waals surface area contributed by atoms with E-state index in [1.165, 1.54) is 4.90 Å². The molecule has 2 unspecified atom stereocenters. The van der Waals surface area contributed by atoms with Crippen molar-refractivity contribution in [2.45, 2.75) is 26.3 Å². The average molecular weight is 291 g/mol. The Kier molecular flexibility index (Phi) is 4.80. The number of benzene rings is 1. The Bertz CT molecular complexity index is 533. The van der Waals surface area contributed by atoms with E-state index in [-0.39, 0.29) is 31.0 Å². The predicted octanol–water partition coefficient (Wildman–Crippen LogP) is 1.56. The SMILES string of the molecule is CCC(C)C1C(=O)Nc2ccccc2N1C(=O)NCCO. The van der Waals surface area contributed by atoms with Crippen LogP contribution < -0.4 is 15.5 Å². The lowest BCUT2D eigenvalue weighted by Gasteiger charge is -2.39. The topological polar surface area (TPSA) is 81.7 Å². The van der Waals surface area contributed by atoms with Crippen LogP contribution in [0.3, 0.4) is 0 Å². The third-order valence-corrected chi connectivity index (χ3v) is 3.76. The van der Waals surface area contributed by atoms with E-state index in [9.17, 15) is 9.59 Å². The molecule has 0 saturated heterocycles. The van der Waals surface area contributed by atoms with E-state index >= 15 is 0 Å². The van der Waals surface area contributed by atoms with Gasteiger partial charge in [-0.05, 0) is 18.1 Å². The maximum Gasteiger partial charge on any atom is 0.322 e. The van der Waals surface area contributed by atoms with Gasteiger partial charge in [0.1, 0.15) is 6.04 Å². The quantitative estimate of drug-likeness (QED) is 0.787. The van der Waals surface area contributed by atoms with Crippen molar-refractivity contribution in [3.05, 3.63) is 24.3 Å². The van der Waals surface area contributed by atoms with Crippen LogP contribution in [0.2, 0.25) is 0 Å². The Morgan fingerprint density at radius 3 is 2.86 bits per heavy atom. The molecule has 1 aliphatic heterocycles. The van der Waals surface area contributed by atoms with Gasteiger partial charge in [0.15, 0.2) is 0 Å². The number of anilines is 2. The lowest BCUT2D eigenvalue weighted by Crippen LogP contribution is -2.57. The molecule has 0 fully saturated rings. The van der Waals surface area contributed by atoms with Gasteiger partial charge < -0.3 is 15.7 Å². The minimum Gasteiger partial charge on any atom is -0.395 e. The molecule has 3 N–H and O–H groups in total. The van der Waals surface area contributed by atoms with Gasteiger partial charge in [-0.1, -0.05) is 32.4 Å². The summed E-state index contributed by atoms with van der Waals surface area (Å²) in [6.45, 7) is 3.96. The monoisotopic (exact) mass is 291 g/mol. The summed E-state index contributed by atoms with van der Waals surface area (Å²) in [6, 6.07) is 6.30. The zero-order valence-electron chi connectivity index (χ0n) is 12.3. The van der Waals surface area contributed by atoms with Crippen LogP contribution in [0, 0.1) is 5.92 Å². The Hall–Kier alpha value is -2.08. The van der Waals surface area contributed by atoms with Crippen LogP contribution in [0.15, 0.2) is 24.3 Å². The Morgan fingerprint density at radius 1 is 1.48 bits per heavy atom. The van der Waals surface area contributed by atoms with Crippen molar-refractivity contribution in [3.8, 4) is 0 Å². The van der Waals surface area contributed by atoms with Crippen molar-refractivity contribution in [2.24, 2.45) is 5.92 Å². The fourth-order valence-corrected chi connectivity index (χ4v) is 2.48. The highest BCUT2D eigenvalue weighted by Crippen LogP contribution is 2.34. The molecule has 1 aliphatic rings. The van der Waals surface area contributed by atoms with Crippen LogP contribution in [0.25, 0.3) is 0 Å². The van der Waals surface area contributed by atoms with E-state index in [1.807, 2.05) is 32.0 Å².